The van der Waals surface area contributed by atoms with Gasteiger partial charge >= 0.3 is 0 Å². The molecule has 0 saturated heterocycles. The maximum atomic E-state index is 12.9. The first kappa shape index (κ1) is 18.1. The SMILES string of the molecule is COc1ccc(NC(=O)c2ccc(Nc3ccc(F)cc3)nn2)c(OC)c1. The first-order chi connectivity index (χ1) is 13.1. The lowest BCUT2D eigenvalue weighted by molar-refractivity contribution is 0.102. The summed E-state index contributed by atoms with van der Waals surface area (Å²) in [6.45, 7) is 0. The van der Waals surface area contributed by atoms with Crippen molar-refractivity contribution < 1.29 is 18.7 Å². The van der Waals surface area contributed by atoms with Crippen LogP contribution in [-0.4, -0.2) is 30.3 Å². The normalized spacial score (nSPS) is 10.2. The zero-order valence-electron chi connectivity index (χ0n) is 14.7. The van der Waals surface area contributed by atoms with Gasteiger partial charge < -0.3 is 20.1 Å². The van der Waals surface area contributed by atoms with E-state index in [2.05, 4.69) is 20.8 Å². The Morgan fingerprint density at radius 3 is 2.37 bits per heavy atom. The summed E-state index contributed by atoms with van der Waals surface area (Å²) in [5, 5.41) is 13.6. The minimum Gasteiger partial charge on any atom is -0.497 e. The molecule has 2 N–H and O–H groups in total. The van der Waals surface area contributed by atoms with Crippen molar-refractivity contribution in [1.82, 2.24) is 10.2 Å². The van der Waals surface area contributed by atoms with Crippen LogP contribution in [0, 0.1) is 5.82 Å². The number of carbonyl (C=O) groups is 1. The fourth-order valence-electron chi connectivity index (χ4n) is 2.29. The van der Waals surface area contributed by atoms with Gasteiger partial charge in [-0.05, 0) is 48.5 Å². The highest BCUT2D eigenvalue weighted by atomic mass is 19.1. The maximum Gasteiger partial charge on any atom is 0.276 e. The number of aromatic nitrogens is 2. The van der Waals surface area contributed by atoms with Crippen LogP contribution in [0.4, 0.5) is 21.6 Å². The number of carbonyl (C=O) groups excluding carboxylic acids is 1. The van der Waals surface area contributed by atoms with Gasteiger partial charge in [-0.3, -0.25) is 4.79 Å². The van der Waals surface area contributed by atoms with Crippen molar-refractivity contribution in [2.75, 3.05) is 24.9 Å². The molecule has 138 valence electrons. The molecule has 0 fully saturated rings. The highest BCUT2D eigenvalue weighted by Gasteiger charge is 2.12. The molecule has 0 aliphatic rings. The molecule has 0 unspecified atom stereocenters. The number of nitrogens with one attached hydrogen (secondary N) is 2. The van der Waals surface area contributed by atoms with E-state index < -0.39 is 5.91 Å². The monoisotopic (exact) mass is 368 g/mol. The number of ether oxygens (including phenoxy) is 2. The average Bonchev–Trinajstić information content (AvgIpc) is 2.70. The Balaban J connectivity index is 1.69. The lowest BCUT2D eigenvalue weighted by Gasteiger charge is -2.11. The number of methoxy groups -OCH3 is 2. The Bertz CT molecular complexity index is 931. The molecule has 0 aliphatic heterocycles. The first-order valence-electron chi connectivity index (χ1n) is 7.99. The molecule has 0 radical (unpaired) electrons. The van der Waals surface area contributed by atoms with Gasteiger partial charge in [-0.1, -0.05) is 0 Å². The Morgan fingerprint density at radius 2 is 1.74 bits per heavy atom. The summed E-state index contributed by atoms with van der Waals surface area (Å²) in [5.74, 6) is 0.748. The van der Waals surface area contributed by atoms with E-state index in [9.17, 15) is 9.18 Å². The highest BCUT2D eigenvalue weighted by molar-refractivity contribution is 6.03. The summed E-state index contributed by atoms with van der Waals surface area (Å²) in [4.78, 5) is 12.4. The number of hydrogen-bond donors (Lipinski definition) is 2. The predicted octanol–water partition coefficient (Wildman–Crippen LogP) is 3.63. The number of rotatable bonds is 6. The van der Waals surface area contributed by atoms with Crippen molar-refractivity contribution in [3.05, 3.63) is 66.1 Å². The topological polar surface area (TPSA) is 85.4 Å². The molecule has 8 heteroatoms. The zero-order chi connectivity index (χ0) is 19.2. The van der Waals surface area contributed by atoms with Crippen LogP contribution in [0.5, 0.6) is 11.5 Å². The third-order valence-corrected chi connectivity index (χ3v) is 3.67. The Kier molecular flexibility index (Phi) is 5.46. The predicted molar refractivity (Wildman–Crippen MR) is 99.2 cm³/mol. The molecule has 0 bridgehead atoms. The molecular formula is C19H17FN4O3. The highest BCUT2D eigenvalue weighted by Crippen LogP contribution is 2.29. The van der Waals surface area contributed by atoms with E-state index in [0.717, 1.165) is 0 Å². The lowest BCUT2D eigenvalue weighted by Crippen LogP contribution is -2.15. The van der Waals surface area contributed by atoms with Crippen LogP contribution in [0.15, 0.2) is 54.6 Å². The van der Waals surface area contributed by atoms with E-state index in [4.69, 9.17) is 9.47 Å². The molecule has 7 nitrogen and oxygen atoms in total. The number of amides is 1. The number of benzene rings is 2. The molecule has 1 heterocycles. The second-order valence-electron chi connectivity index (χ2n) is 5.46. The van der Waals surface area contributed by atoms with E-state index in [0.29, 0.717) is 28.7 Å². The van der Waals surface area contributed by atoms with Crippen LogP contribution >= 0.6 is 0 Å². The van der Waals surface area contributed by atoms with Crippen LogP contribution in [-0.2, 0) is 0 Å². The van der Waals surface area contributed by atoms with Crippen LogP contribution in [0.25, 0.3) is 0 Å². The van der Waals surface area contributed by atoms with E-state index in [1.165, 1.54) is 25.3 Å². The van der Waals surface area contributed by atoms with Gasteiger partial charge in [0.15, 0.2) is 11.5 Å². The minimum atomic E-state index is -0.431. The second kappa shape index (κ2) is 8.13. The second-order valence-corrected chi connectivity index (χ2v) is 5.46. The first-order valence-corrected chi connectivity index (χ1v) is 7.99. The molecule has 0 atom stereocenters. The Morgan fingerprint density at radius 1 is 0.963 bits per heavy atom. The molecule has 1 amide bonds. The smallest absolute Gasteiger partial charge is 0.276 e. The molecule has 0 spiro atoms. The number of anilines is 3. The number of nitrogens with zero attached hydrogens (tertiary/aromatic N) is 2. The van der Waals surface area contributed by atoms with Crippen molar-refractivity contribution in [1.29, 1.82) is 0 Å². The lowest BCUT2D eigenvalue weighted by atomic mass is 10.2. The van der Waals surface area contributed by atoms with Gasteiger partial charge in [0.1, 0.15) is 17.3 Å². The molecule has 0 aliphatic carbocycles. The summed E-state index contributed by atoms with van der Waals surface area (Å²) in [5.41, 5.74) is 1.28. The van der Waals surface area contributed by atoms with Gasteiger partial charge in [-0.2, -0.15) is 0 Å². The van der Waals surface area contributed by atoms with Gasteiger partial charge in [-0.15, -0.1) is 10.2 Å². The summed E-state index contributed by atoms with van der Waals surface area (Å²) in [7, 11) is 3.05. The Labute approximate surface area is 155 Å². The van der Waals surface area contributed by atoms with E-state index >= 15 is 0 Å². The third-order valence-electron chi connectivity index (χ3n) is 3.67. The van der Waals surface area contributed by atoms with Gasteiger partial charge in [0.2, 0.25) is 0 Å². The summed E-state index contributed by atoms with van der Waals surface area (Å²) in [6.07, 6.45) is 0. The van der Waals surface area contributed by atoms with E-state index in [1.54, 1.807) is 43.5 Å². The van der Waals surface area contributed by atoms with Crippen molar-refractivity contribution in [3.63, 3.8) is 0 Å². The molecule has 2 aromatic carbocycles. The number of hydrogen-bond acceptors (Lipinski definition) is 6. The van der Waals surface area contributed by atoms with Gasteiger partial charge in [0.05, 0.1) is 19.9 Å². The fraction of sp³-hybridized carbons (Fsp3) is 0.105. The maximum absolute atomic E-state index is 12.9. The van der Waals surface area contributed by atoms with Crippen LogP contribution in [0.3, 0.4) is 0 Å². The summed E-state index contributed by atoms with van der Waals surface area (Å²) < 4.78 is 23.3. The zero-order valence-corrected chi connectivity index (χ0v) is 14.7. The summed E-state index contributed by atoms with van der Waals surface area (Å²) >= 11 is 0. The van der Waals surface area contributed by atoms with Gasteiger partial charge in [0, 0.05) is 11.8 Å². The van der Waals surface area contributed by atoms with E-state index in [1.807, 2.05) is 0 Å². The largest absolute Gasteiger partial charge is 0.497 e. The quantitative estimate of drug-likeness (QED) is 0.691. The minimum absolute atomic E-state index is 0.137. The van der Waals surface area contributed by atoms with Crippen molar-refractivity contribution in [2.45, 2.75) is 0 Å². The summed E-state index contributed by atoms with van der Waals surface area (Å²) in [6, 6.07) is 14.0. The molecular weight excluding hydrogens is 351 g/mol. The fourth-order valence-corrected chi connectivity index (χ4v) is 2.29. The Hall–Kier alpha value is -3.68. The van der Waals surface area contributed by atoms with Crippen molar-refractivity contribution >= 4 is 23.1 Å². The van der Waals surface area contributed by atoms with Gasteiger partial charge in [0.25, 0.3) is 5.91 Å². The van der Waals surface area contributed by atoms with Crippen LogP contribution in [0.1, 0.15) is 10.5 Å². The van der Waals surface area contributed by atoms with Crippen molar-refractivity contribution in [3.8, 4) is 11.5 Å². The molecule has 0 saturated carbocycles. The molecule has 3 rings (SSSR count). The molecule has 27 heavy (non-hydrogen) atoms. The molecule has 3 aromatic rings. The molecule has 1 aromatic heterocycles. The third kappa shape index (κ3) is 4.49. The van der Waals surface area contributed by atoms with Crippen molar-refractivity contribution in [2.24, 2.45) is 0 Å². The average molecular weight is 368 g/mol. The van der Waals surface area contributed by atoms with Crippen LogP contribution < -0.4 is 20.1 Å². The standard InChI is InChI=1S/C19H17FN4O3/c1-26-14-7-8-15(17(11-14)27-2)22-19(25)16-9-10-18(24-23-16)21-13-5-3-12(20)4-6-13/h3-11H,1-2H3,(H,21,24)(H,22,25). The van der Waals surface area contributed by atoms with Gasteiger partial charge in [-0.25, -0.2) is 4.39 Å². The van der Waals surface area contributed by atoms with E-state index in [-0.39, 0.29) is 11.5 Å². The number of halogens is 1. The van der Waals surface area contributed by atoms with Crippen LogP contribution in [0.2, 0.25) is 0 Å².